The number of rotatable bonds is 9. The molecule has 8 nitrogen and oxygen atoms in total. The summed E-state index contributed by atoms with van der Waals surface area (Å²) >= 11 is 0. The van der Waals surface area contributed by atoms with Gasteiger partial charge in [-0.3, -0.25) is 14.7 Å². The fourth-order valence-corrected chi connectivity index (χ4v) is 6.27. The number of alkyl carbamates (subject to hydrolysis) is 1. The number of aliphatic imine (C=N–C) groups is 1. The van der Waals surface area contributed by atoms with E-state index in [2.05, 4.69) is 69.1 Å². The minimum atomic E-state index is -0.645. The lowest BCUT2D eigenvalue weighted by Crippen LogP contribution is -2.40. The third-order valence-electron chi connectivity index (χ3n) is 8.58. The van der Waals surface area contributed by atoms with Crippen LogP contribution in [0.1, 0.15) is 77.5 Å². The van der Waals surface area contributed by atoms with Crippen LogP contribution in [0.25, 0.3) is 11.1 Å². The Kier molecular flexibility index (Phi) is 9.14. The molecule has 0 radical (unpaired) electrons. The number of carbonyl (C=O) groups is 2. The molecule has 0 spiro atoms. The van der Waals surface area contributed by atoms with E-state index in [-0.39, 0.29) is 12.5 Å². The molecule has 8 heteroatoms. The Morgan fingerprint density at radius 1 is 0.915 bits per heavy atom. The van der Waals surface area contributed by atoms with E-state index in [0.717, 1.165) is 52.2 Å². The first-order valence-electron chi connectivity index (χ1n) is 16.0. The van der Waals surface area contributed by atoms with Crippen LogP contribution in [0.5, 0.6) is 5.75 Å². The lowest BCUT2D eigenvalue weighted by molar-refractivity contribution is 0.0519. The van der Waals surface area contributed by atoms with Gasteiger partial charge in [0.05, 0.1) is 19.7 Å². The van der Waals surface area contributed by atoms with Crippen molar-refractivity contribution in [3.05, 3.63) is 124 Å². The second-order valence-corrected chi connectivity index (χ2v) is 13.3. The SMILES string of the molecule is COc1cccc(C(CNC(=O)OC(C)(C)C)NC(=O)c2cc(-c3ccc4c(c3)C(C)=NC4)cc3c2CN(Cc2ccccc2)C3)c1. The average Bonchev–Trinajstić information content (AvgIpc) is 3.64. The van der Waals surface area contributed by atoms with E-state index in [0.29, 0.717) is 24.4 Å². The summed E-state index contributed by atoms with van der Waals surface area (Å²) in [6.45, 7) is 10.5. The molecule has 0 aliphatic carbocycles. The molecule has 6 rings (SSSR count). The number of methoxy groups -OCH3 is 1. The van der Waals surface area contributed by atoms with Gasteiger partial charge in [0.1, 0.15) is 11.4 Å². The van der Waals surface area contributed by atoms with Gasteiger partial charge in [-0.25, -0.2) is 4.79 Å². The topological polar surface area (TPSA) is 92.3 Å². The summed E-state index contributed by atoms with van der Waals surface area (Å²) < 4.78 is 11.0. The number of nitrogens with zero attached hydrogens (tertiary/aromatic N) is 2. The number of hydrogen-bond donors (Lipinski definition) is 2. The maximum atomic E-state index is 14.4. The third-order valence-corrected chi connectivity index (χ3v) is 8.58. The smallest absolute Gasteiger partial charge is 0.407 e. The molecule has 2 aliphatic heterocycles. The number of benzene rings is 4. The van der Waals surface area contributed by atoms with Gasteiger partial charge in [-0.2, -0.15) is 0 Å². The van der Waals surface area contributed by atoms with Crippen LogP contribution in [0.3, 0.4) is 0 Å². The van der Waals surface area contributed by atoms with Crippen molar-refractivity contribution in [3.8, 4) is 16.9 Å². The number of amides is 2. The van der Waals surface area contributed by atoms with E-state index in [1.54, 1.807) is 7.11 Å². The third kappa shape index (κ3) is 7.55. The van der Waals surface area contributed by atoms with E-state index in [1.165, 1.54) is 11.1 Å². The van der Waals surface area contributed by atoms with Gasteiger partial charge in [-0.05, 0) is 97.0 Å². The summed E-state index contributed by atoms with van der Waals surface area (Å²) in [5.74, 6) is 0.455. The molecule has 47 heavy (non-hydrogen) atoms. The highest BCUT2D eigenvalue weighted by molar-refractivity contribution is 6.03. The summed E-state index contributed by atoms with van der Waals surface area (Å²) in [5, 5.41) is 6.09. The first kappa shape index (κ1) is 32.0. The van der Waals surface area contributed by atoms with Crippen molar-refractivity contribution in [2.24, 2.45) is 4.99 Å². The van der Waals surface area contributed by atoms with Crippen LogP contribution >= 0.6 is 0 Å². The normalized spacial score (nSPS) is 14.5. The van der Waals surface area contributed by atoms with E-state index in [1.807, 2.05) is 64.1 Å². The molecule has 0 saturated heterocycles. The van der Waals surface area contributed by atoms with Crippen molar-refractivity contribution < 1.29 is 19.1 Å². The van der Waals surface area contributed by atoms with Crippen LogP contribution in [0.15, 0.2) is 89.9 Å². The Balaban J connectivity index is 1.34. The number of carbonyl (C=O) groups excluding carboxylic acids is 2. The number of ether oxygens (including phenoxy) is 2. The highest BCUT2D eigenvalue weighted by Crippen LogP contribution is 2.35. The lowest BCUT2D eigenvalue weighted by Gasteiger charge is -2.24. The van der Waals surface area contributed by atoms with Gasteiger partial charge in [-0.1, -0.05) is 54.6 Å². The molecule has 2 amide bonds. The molecule has 2 heterocycles. The zero-order valence-corrected chi connectivity index (χ0v) is 27.7. The van der Waals surface area contributed by atoms with Gasteiger partial charge in [-0.15, -0.1) is 0 Å². The Hall–Kier alpha value is -4.95. The molecular formula is C39H42N4O4. The van der Waals surface area contributed by atoms with Gasteiger partial charge in [0.15, 0.2) is 0 Å². The fourth-order valence-electron chi connectivity index (χ4n) is 6.27. The van der Waals surface area contributed by atoms with Gasteiger partial charge in [0.2, 0.25) is 0 Å². The average molecular weight is 631 g/mol. The standard InChI is InChI=1S/C39H42N4O4/c1-25-33-18-27(14-15-29(33)20-40-25)30-16-31-23-43(22-26-10-7-6-8-11-26)24-35(31)34(19-30)37(44)42-36(21-41-38(45)47-39(2,3)4)28-12-9-13-32(17-28)46-5/h6-19,36H,20-24H2,1-5H3,(H,41,45)(H,42,44). The Morgan fingerprint density at radius 2 is 1.72 bits per heavy atom. The molecule has 1 unspecified atom stereocenters. The van der Waals surface area contributed by atoms with Gasteiger partial charge in [0, 0.05) is 43.0 Å². The largest absolute Gasteiger partial charge is 0.497 e. The summed E-state index contributed by atoms with van der Waals surface area (Å²) in [5.41, 5.74) is 9.63. The van der Waals surface area contributed by atoms with Crippen LogP contribution < -0.4 is 15.4 Å². The van der Waals surface area contributed by atoms with Crippen molar-refractivity contribution in [1.82, 2.24) is 15.5 Å². The first-order chi connectivity index (χ1) is 22.6. The predicted molar refractivity (Wildman–Crippen MR) is 185 cm³/mol. The fraction of sp³-hybridized carbons (Fsp3) is 0.308. The number of hydrogen-bond acceptors (Lipinski definition) is 6. The molecule has 4 aromatic carbocycles. The summed E-state index contributed by atoms with van der Waals surface area (Å²) in [6, 6.07) is 28.1. The van der Waals surface area contributed by atoms with Crippen LogP contribution in [0, 0.1) is 0 Å². The number of nitrogens with one attached hydrogen (secondary N) is 2. The molecule has 0 saturated carbocycles. The highest BCUT2D eigenvalue weighted by atomic mass is 16.6. The molecule has 242 valence electrons. The number of fused-ring (bicyclic) bond motifs is 2. The quantitative estimate of drug-likeness (QED) is 0.204. The van der Waals surface area contributed by atoms with Crippen LogP contribution in [0.4, 0.5) is 4.79 Å². The second kappa shape index (κ2) is 13.4. The van der Waals surface area contributed by atoms with Crippen molar-refractivity contribution in [2.45, 2.75) is 65.5 Å². The zero-order valence-electron chi connectivity index (χ0n) is 27.7. The molecule has 2 N–H and O–H groups in total. The van der Waals surface area contributed by atoms with Crippen molar-refractivity contribution in [3.63, 3.8) is 0 Å². The summed E-state index contributed by atoms with van der Waals surface area (Å²) in [4.78, 5) is 34.0. The maximum Gasteiger partial charge on any atom is 0.407 e. The van der Waals surface area contributed by atoms with E-state index in [4.69, 9.17) is 9.47 Å². The monoisotopic (exact) mass is 630 g/mol. The Labute approximate surface area is 276 Å². The second-order valence-electron chi connectivity index (χ2n) is 13.3. The lowest BCUT2D eigenvalue weighted by atomic mass is 9.93. The van der Waals surface area contributed by atoms with Crippen LogP contribution in [0.2, 0.25) is 0 Å². The Bertz CT molecular complexity index is 1830. The van der Waals surface area contributed by atoms with E-state index >= 15 is 0 Å². The Morgan fingerprint density at radius 3 is 2.49 bits per heavy atom. The van der Waals surface area contributed by atoms with Gasteiger partial charge < -0.3 is 20.1 Å². The summed E-state index contributed by atoms with van der Waals surface area (Å²) in [6.07, 6.45) is -0.547. The van der Waals surface area contributed by atoms with Crippen molar-refractivity contribution >= 4 is 17.7 Å². The predicted octanol–water partition coefficient (Wildman–Crippen LogP) is 7.20. The maximum absolute atomic E-state index is 14.4. The molecule has 4 aromatic rings. The summed E-state index contributed by atoms with van der Waals surface area (Å²) in [7, 11) is 1.61. The van der Waals surface area contributed by atoms with Crippen LogP contribution in [-0.2, 0) is 30.9 Å². The minimum Gasteiger partial charge on any atom is -0.497 e. The zero-order chi connectivity index (χ0) is 33.1. The highest BCUT2D eigenvalue weighted by Gasteiger charge is 2.28. The van der Waals surface area contributed by atoms with Gasteiger partial charge in [0.25, 0.3) is 5.91 Å². The molecule has 1 atom stereocenters. The molecule has 0 aromatic heterocycles. The molecular weight excluding hydrogens is 588 g/mol. The molecule has 2 aliphatic rings. The minimum absolute atomic E-state index is 0.138. The van der Waals surface area contributed by atoms with Crippen molar-refractivity contribution in [2.75, 3.05) is 13.7 Å². The molecule has 0 bridgehead atoms. The first-order valence-corrected chi connectivity index (χ1v) is 16.0. The van der Waals surface area contributed by atoms with Crippen molar-refractivity contribution in [1.29, 1.82) is 0 Å². The molecule has 0 fully saturated rings. The van der Waals surface area contributed by atoms with Gasteiger partial charge >= 0.3 is 6.09 Å². The van der Waals surface area contributed by atoms with Crippen LogP contribution in [-0.4, -0.2) is 41.9 Å². The van der Waals surface area contributed by atoms with E-state index < -0.39 is 17.7 Å². The van der Waals surface area contributed by atoms with E-state index in [9.17, 15) is 9.59 Å².